The number of hydrogen-bond acceptors (Lipinski definition) is 4. The summed E-state index contributed by atoms with van der Waals surface area (Å²) < 4.78 is 2.05. The Bertz CT molecular complexity index is 674. The Hall–Kier alpha value is -1.66. The molecule has 1 saturated carbocycles. The molecule has 0 saturated heterocycles. The monoisotopic (exact) mass is 333 g/mol. The first kappa shape index (κ1) is 16.2. The lowest BCUT2D eigenvalue weighted by molar-refractivity contribution is 0.0736. The van der Waals surface area contributed by atoms with Crippen molar-refractivity contribution in [2.24, 2.45) is 0 Å². The second-order valence-corrected chi connectivity index (χ2v) is 6.97. The van der Waals surface area contributed by atoms with Crippen molar-refractivity contribution in [3.05, 3.63) is 34.6 Å². The normalized spacial score (nSPS) is 14.2. The van der Waals surface area contributed by atoms with E-state index in [1.54, 1.807) is 17.5 Å². The van der Waals surface area contributed by atoms with Gasteiger partial charge in [-0.05, 0) is 45.6 Å². The lowest BCUT2D eigenvalue weighted by atomic mass is 10.2. The Morgan fingerprint density at radius 3 is 2.83 bits per heavy atom. The minimum atomic E-state index is 0.112. The van der Waals surface area contributed by atoms with Crippen molar-refractivity contribution in [3.63, 3.8) is 0 Å². The zero-order valence-electron chi connectivity index (χ0n) is 13.7. The van der Waals surface area contributed by atoms with Gasteiger partial charge in [0, 0.05) is 42.2 Å². The summed E-state index contributed by atoms with van der Waals surface area (Å²) in [6.45, 7) is 4.91. The fraction of sp³-hybridized carbons (Fsp3) is 0.529. The highest BCUT2D eigenvalue weighted by molar-refractivity contribution is 7.12. The molecule has 0 aromatic carbocycles. The molecule has 124 valence electrons. The van der Waals surface area contributed by atoms with Crippen molar-refractivity contribution in [3.8, 4) is 5.13 Å². The predicted octanol–water partition coefficient (Wildman–Crippen LogP) is 2.93. The Morgan fingerprint density at radius 1 is 1.43 bits per heavy atom. The van der Waals surface area contributed by atoms with Gasteiger partial charge in [-0.15, -0.1) is 11.3 Å². The molecule has 0 atom stereocenters. The Labute approximate surface area is 140 Å². The van der Waals surface area contributed by atoms with Crippen LogP contribution < -0.4 is 0 Å². The summed E-state index contributed by atoms with van der Waals surface area (Å²) in [5.74, 6) is 0.112. The number of nitrogens with zero attached hydrogens (tertiary/aromatic N) is 3. The van der Waals surface area contributed by atoms with Gasteiger partial charge in [0.2, 0.25) is 0 Å². The lowest BCUT2D eigenvalue weighted by Crippen LogP contribution is -2.34. The van der Waals surface area contributed by atoms with Crippen molar-refractivity contribution in [2.75, 3.05) is 13.2 Å². The topological polar surface area (TPSA) is 58.4 Å². The van der Waals surface area contributed by atoms with Crippen molar-refractivity contribution in [1.29, 1.82) is 0 Å². The van der Waals surface area contributed by atoms with Gasteiger partial charge in [0.15, 0.2) is 5.13 Å². The summed E-state index contributed by atoms with van der Waals surface area (Å²) in [4.78, 5) is 19.4. The highest BCUT2D eigenvalue weighted by Gasteiger charge is 2.34. The molecule has 0 aliphatic heterocycles. The van der Waals surface area contributed by atoms with Gasteiger partial charge in [-0.2, -0.15) is 0 Å². The number of aromatic nitrogens is 2. The largest absolute Gasteiger partial charge is 0.396 e. The molecular weight excluding hydrogens is 310 g/mol. The maximum absolute atomic E-state index is 13.0. The molecule has 0 unspecified atom stereocenters. The molecule has 2 heterocycles. The van der Waals surface area contributed by atoms with E-state index in [-0.39, 0.29) is 12.5 Å². The molecule has 1 aliphatic rings. The molecule has 0 spiro atoms. The number of unbranched alkanes of at least 4 members (excludes halogenated alkanes) is 1. The van der Waals surface area contributed by atoms with Crippen LogP contribution in [0.5, 0.6) is 0 Å². The van der Waals surface area contributed by atoms with Crippen LogP contribution in [-0.4, -0.2) is 44.7 Å². The van der Waals surface area contributed by atoms with E-state index in [0.29, 0.717) is 6.04 Å². The highest BCUT2D eigenvalue weighted by atomic mass is 32.1. The van der Waals surface area contributed by atoms with Gasteiger partial charge in [-0.25, -0.2) is 4.98 Å². The molecule has 3 rings (SSSR count). The van der Waals surface area contributed by atoms with E-state index in [9.17, 15) is 4.79 Å². The van der Waals surface area contributed by atoms with Crippen molar-refractivity contribution >= 4 is 17.2 Å². The molecular formula is C17H23N3O2S. The van der Waals surface area contributed by atoms with Gasteiger partial charge < -0.3 is 10.0 Å². The second-order valence-electron chi connectivity index (χ2n) is 6.10. The SMILES string of the molecule is Cc1cc(C(=O)N(CCCCO)C2CC2)c(C)n1-c1nccs1. The van der Waals surface area contributed by atoms with Crippen molar-refractivity contribution in [2.45, 2.75) is 45.6 Å². The van der Waals surface area contributed by atoms with Crippen molar-refractivity contribution in [1.82, 2.24) is 14.5 Å². The minimum absolute atomic E-state index is 0.112. The molecule has 1 N–H and O–H groups in total. The van der Waals surface area contributed by atoms with Crippen LogP contribution in [0, 0.1) is 13.8 Å². The van der Waals surface area contributed by atoms with Crippen LogP contribution in [0.1, 0.15) is 47.4 Å². The molecule has 5 nitrogen and oxygen atoms in total. The molecule has 1 fully saturated rings. The molecule has 0 radical (unpaired) electrons. The summed E-state index contributed by atoms with van der Waals surface area (Å²) in [7, 11) is 0. The number of aliphatic hydroxyl groups excluding tert-OH is 1. The quantitative estimate of drug-likeness (QED) is 0.793. The average molecular weight is 333 g/mol. The number of aryl methyl sites for hydroxylation is 1. The third-order valence-electron chi connectivity index (χ3n) is 4.33. The number of hydrogen-bond donors (Lipinski definition) is 1. The maximum Gasteiger partial charge on any atom is 0.255 e. The third kappa shape index (κ3) is 3.33. The summed E-state index contributed by atoms with van der Waals surface area (Å²) in [6, 6.07) is 2.35. The van der Waals surface area contributed by atoms with E-state index in [2.05, 4.69) is 9.55 Å². The average Bonchev–Trinajstić information content (AvgIpc) is 3.14. The maximum atomic E-state index is 13.0. The van der Waals surface area contributed by atoms with Crippen LogP contribution in [0.15, 0.2) is 17.6 Å². The number of rotatable bonds is 7. The highest BCUT2D eigenvalue weighted by Crippen LogP contribution is 2.30. The first-order chi connectivity index (χ1) is 11.1. The van der Waals surface area contributed by atoms with Crippen molar-refractivity contribution < 1.29 is 9.90 Å². The molecule has 2 aromatic heterocycles. The smallest absolute Gasteiger partial charge is 0.255 e. The first-order valence-electron chi connectivity index (χ1n) is 8.14. The number of aliphatic hydroxyl groups is 1. The second kappa shape index (κ2) is 6.84. The number of carbonyl (C=O) groups excluding carboxylic acids is 1. The van der Waals surface area contributed by atoms with Gasteiger partial charge in [0.05, 0.1) is 5.56 Å². The van der Waals surface area contributed by atoms with Crippen LogP contribution in [0.25, 0.3) is 5.13 Å². The van der Waals surface area contributed by atoms with Crippen LogP contribution in [0.4, 0.5) is 0 Å². The van der Waals surface area contributed by atoms with Crippen LogP contribution in [0.3, 0.4) is 0 Å². The summed E-state index contributed by atoms with van der Waals surface area (Å²) in [5, 5.41) is 11.8. The first-order valence-corrected chi connectivity index (χ1v) is 9.02. The molecule has 0 bridgehead atoms. The Morgan fingerprint density at radius 2 is 2.22 bits per heavy atom. The fourth-order valence-corrected chi connectivity index (χ4v) is 3.74. The molecule has 1 amide bonds. The van der Waals surface area contributed by atoms with Gasteiger partial charge in [0.1, 0.15) is 0 Å². The third-order valence-corrected chi connectivity index (χ3v) is 5.08. The van der Waals surface area contributed by atoms with Gasteiger partial charge in [-0.1, -0.05) is 0 Å². The zero-order chi connectivity index (χ0) is 16.4. The minimum Gasteiger partial charge on any atom is -0.396 e. The van der Waals surface area contributed by atoms with E-state index in [0.717, 1.165) is 54.3 Å². The zero-order valence-corrected chi connectivity index (χ0v) is 14.5. The lowest BCUT2D eigenvalue weighted by Gasteiger charge is -2.22. The fourth-order valence-electron chi connectivity index (χ4n) is 2.98. The number of amides is 1. The van der Waals surface area contributed by atoms with Gasteiger partial charge in [-0.3, -0.25) is 9.36 Å². The number of thiazole rings is 1. The van der Waals surface area contributed by atoms with E-state index >= 15 is 0 Å². The molecule has 1 aliphatic carbocycles. The van der Waals surface area contributed by atoms with E-state index in [4.69, 9.17) is 5.11 Å². The van der Waals surface area contributed by atoms with Crippen LogP contribution in [0.2, 0.25) is 0 Å². The number of carbonyl (C=O) groups is 1. The van der Waals surface area contributed by atoms with E-state index < -0.39 is 0 Å². The molecule has 2 aromatic rings. The molecule has 6 heteroatoms. The summed E-state index contributed by atoms with van der Waals surface area (Å²) in [5.41, 5.74) is 2.76. The van der Waals surface area contributed by atoms with Crippen LogP contribution in [-0.2, 0) is 0 Å². The predicted molar refractivity (Wildman–Crippen MR) is 91.3 cm³/mol. The summed E-state index contributed by atoms with van der Waals surface area (Å²) >= 11 is 1.57. The van der Waals surface area contributed by atoms with Gasteiger partial charge in [0.25, 0.3) is 5.91 Å². The van der Waals surface area contributed by atoms with Crippen LogP contribution >= 0.6 is 11.3 Å². The van der Waals surface area contributed by atoms with E-state index in [1.807, 2.05) is 30.2 Å². The van der Waals surface area contributed by atoms with Gasteiger partial charge >= 0.3 is 0 Å². The Balaban J connectivity index is 1.85. The molecule has 23 heavy (non-hydrogen) atoms. The van der Waals surface area contributed by atoms with E-state index in [1.165, 1.54) is 0 Å². The standard InChI is InChI=1S/C17H23N3O2S/c1-12-11-15(13(2)20(12)17-18-7-10-23-17)16(22)19(14-5-6-14)8-3-4-9-21/h7,10-11,14,21H,3-6,8-9H2,1-2H3. The summed E-state index contributed by atoms with van der Waals surface area (Å²) in [6.07, 6.45) is 5.57. The Kier molecular flexibility index (Phi) is 4.82.